The highest BCUT2D eigenvalue weighted by Gasteiger charge is 2.48. The average molecular weight is 306 g/mol. The molecule has 0 aliphatic carbocycles. The second-order valence-electron chi connectivity index (χ2n) is 3.82. The molecule has 0 saturated carbocycles. The van der Waals surface area contributed by atoms with E-state index in [0.717, 1.165) is 6.07 Å². The summed E-state index contributed by atoms with van der Waals surface area (Å²) in [5.41, 5.74) is -4.65. The van der Waals surface area contributed by atoms with Gasteiger partial charge in [0.1, 0.15) is 0 Å². The van der Waals surface area contributed by atoms with Gasteiger partial charge in [-0.05, 0) is 12.5 Å². The zero-order valence-electron chi connectivity index (χ0n) is 10.2. The summed E-state index contributed by atoms with van der Waals surface area (Å²) in [4.78, 5) is 7.80. The SMILES string of the molecule is CCc1nc(OS(=O)(=O)C(F)(F)F)cc2cccnc12. The Kier molecular flexibility index (Phi) is 3.55. The first-order valence-electron chi connectivity index (χ1n) is 5.50. The van der Waals surface area contributed by atoms with E-state index < -0.39 is 21.5 Å². The van der Waals surface area contributed by atoms with Gasteiger partial charge in [-0.3, -0.25) is 4.98 Å². The van der Waals surface area contributed by atoms with Gasteiger partial charge in [0, 0.05) is 17.6 Å². The monoisotopic (exact) mass is 306 g/mol. The van der Waals surface area contributed by atoms with E-state index in [9.17, 15) is 21.6 Å². The summed E-state index contributed by atoms with van der Waals surface area (Å²) in [5, 5.41) is 0.451. The number of nitrogens with zero attached hydrogens (tertiary/aromatic N) is 2. The third kappa shape index (κ3) is 2.67. The zero-order chi connectivity index (χ0) is 15.0. The fraction of sp³-hybridized carbons (Fsp3) is 0.273. The van der Waals surface area contributed by atoms with Crippen LogP contribution in [0.3, 0.4) is 0 Å². The summed E-state index contributed by atoms with van der Waals surface area (Å²) in [6.07, 6.45) is 1.88. The molecule has 0 saturated heterocycles. The molecule has 20 heavy (non-hydrogen) atoms. The van der Waals surface area contributed by atoms with Crippen molar-refractivity contribution < 1.29 is 25.8 Å². The van der Waals surface area contributed by atoms with Gasteiger partial charge in [0.05, 0.1) is 11.2 Å². The van der Waals surface area contributed by atoms with Crippen LogP contribution in [-0.4, -0.2) is 23.9 Å². The first-order valence-corrected chi connectivity index (χ1v) is 6.91. The minimum Gasteiger partial charge on any atom is -0.355 e. The molecule has 0 unspecified atom stereocenters. The predicted molar refractivity (Wildman–Crippen MR) is 64.5 cm³/mol. The molecule has 2 rings (SSSR count). The molecule has 0 aromatic carbocycles. The molecule has 0 N–H and O–H groups in total. The Morgan fingerprint density at radius 3 is 2.65 bits per heavy atom. The molecule has 2 heterocycles. The number of aromatic nitrogens is 2. The third-order valence-corrected chi connectivity index (χ3v) is 3.41. The zero-order valence-corrected chi connectivity index (χ0v) is 11.0. The number of fused-ring (bicyclic) bond motifs is 1. The van der Waals surface area contributed by atoms with E-state index in [1.165, 1.54) is 6.20 Å². The maximum absolute atomic E-state index is 12.3. The first kappa shape index (κ1) is 14.5. The Labute approximate surface area is 112 Å². The van der Waals surface area contributed by atoms with Crippen LogP contribution in [-0.2, 0) is 16.5 Å². The van der Waals surface area contributed by atoms with E-state index >= 15 is 0 Å². The molecular weight excluding hydrogens is 297 g/mol. The van der Waals surface area contributed by atoms with Gasteiger partial charge >= 0.3 is 15.6 Å². The summed E-state index contributed by atoms with van der Waals surface area (Å²) in [5.74, 6) is -0.625. The van der Waals surface area contributed by atoms with E-state index in [-0.39, 0.29) is 0 Å². The highest BCUT2D eigenvalue weighted by atomic mass is 32.2. The maximum atomic E-state index is 12.3. The van der Waals surface area contributed by atoms with Crippen LogP contribution in [0.15, 0.2) is 24.4 Å². The molecular formula is C11H9F3N2O3S. The maximum Gasteiger partial charge on any atom is 0.534 e. The van der Waals surface area contributed by atoms with Crippen LogP contribution in [0.4, 0.5) is 13.2 Å². The number of alkyl halides is 3. The van der Waals surface area contributed by atoms with Crippen LogP contribution < -0.4 is 4.18 Å². The second kappa shape index (κ2) is 4.89. The molecule has 0 fully saturated rings. The fourth-order valence-corrected chi connectivity index (χ4v) is 1.98. The lowest BCUT2D eigenvalue weighted by atomic mass is 10.2. The Morgan fingerprint density at radius 2 is 2.05 bits per heavy atom. The van der Waals surface area contributed by atoms with Crippen molar-refractivity contribution in [3.8, 4) is 5.88 Å². The molecule has 0 radical (unpaired) electrons. The van der Waals surface area contributed by atoms with Crippen molar-refractivity contribution in [3.63, 3.8) is 0 Å². The largest absolute Gasteiger partial charge is 0.534 e. The normalized spacial score (nSPS) is 12.6. The highest BCUT2D eigenvalue weighted by molar-refractivity contribution is 7.87. The van der Waals surface area contributed by atoms with E-state index in [0.29, 0.717) is 23.0 Å². The third-order valence-electron chi connectivity index (χ3n) is 2.45. The molecule has 108 valence electrons. The number of hydrogen-bond donors (Lipinski definition) is 0. The molecule has 0 aliphatic rings. The van der Waals surface area contributed by atoms with Gasteiger partial charge in [-0.2, -0.15) is 21.6 Å². The lowest BCUT2D eigenvalue weighted by molar-refractivity contribution is -0.0501. The van der Waals surface area contributed by atoms with Crippen molar-refractivity contribution in [2.75, 3.05) is 0 Å². The van der Waals surface area contributed by atoms with Gasteiger partial charge < -0.3 is 4.18 Å². The summed E-state index contributed by atoms with van der Waals surface area (Å²) in [6, 6.07) is 4.25. The van der Waals surface area contributed by atoms with Gasteiger partial charge in [-0.15, -0.1) is 0 Å². The van der Waals surface area contributed by atoms with Crippen molar-refractivity contribution >= 4 is 21.0 Å². The lowest BCUT2D eigenvalue weighted by Crippen LogP contribution is -2.28. The molecule has 0 amide bonds. The van der Waals surface area contributed by atoms with E-state index in [2.05, 4.69) is 14.2 Å². The van der Waals surface area contributed by atoms with E-state index in [1.807, 2.05) is 0 Å². The Morgan fingerprint density at radius 1 is 1.35 bits per heavy atom. The Balaban J connectivity index is 2.52. The van der Waals surface area contributed by atoms with Crippen molar-refractivity contribution in [2.24, 2.45) is 0 Å². The number of halogens is 3. The minimum atomic E-state index is -5.73. The van der Waals surface area contributed by atoms with Gasteiger partial charge in [-0.1, -0.05) is 13.0 Å². The van der Waals surface area contributed by atoms with Crippen molar-refractivity contribution in [2.45, 2.75) is 18.9 Å². The quantitative estimate of drug-likeness (QED) is 0.643. The smallest absolute Gasteiger partial charge is 0.355 e. The van der Waals surface area contributed by atoms with Crippen molar-refractivity contribution in [1.82, 2.24) is 9.97 Å². The minimum absolute atomic E-state index is 0.357. The topological polar surface area (TPSA) is 69.2 Å². The Hall–Kier alpha value is -1.90. The number of hydrogen-bond acceptors (Lipinski definition) is 5. The van der Waals surface area contributed by atoms with Gasteiger partial charge in [0.25, 0.3) is 0 Å². The summed E-state index contributed by atoms with van der Waals surface area (Å²) in [7, 11) is -5.73. The molecule has 0 aliphatic heterocycles. The standard InChI is InChI=1S/C11H9F3N2O3S/c1-2-8-10-7(4-3-5-15-10)6-9(16-8)19-20(17,18)11(12,13)14/h3-6H,2H2,1H3. The Bertz CT molecular complexity index is 744. The van der Waals surface area contributed by atoms with Crippen molar-refractivity contribution in [3.05, 3.63) is 30.1 Å². The van der Waals surface area contributed by atoms with Crippen LogP contribution >= 0.6 is 0 Å². The molecule has 5 nitrogen and oxygen atoms in total. The molecule has 2 aromatic rings. The van der Waals surface area contributed by atoms with Crippen LogP contribution in [0.2, 0.25) is 0 Å². The highest BCUT2D eigenvalue weighted by Crippen LogP contribution is 2.28. The lowest BCUT2D eigenvalue weighted by Gasteiger charge is -2.10. The van der Waals surface area contributed by atoms with Crippen LogP contribution in [0, 0.1) is 0 Å². The second-order valence-corrected chi connectivity index (χ2v) is 5.36. The fourth-order valence-electron chi connectivity index (χ4n) is 1.58. The van der Waals surface area contributed by atoms with Crippen LogP contribution in [0.25, 0.3) is 10.9 Å². The number of aryl methyl sites for hydroxylation is 1. The molecule has 0 spiro atoms. The first-order chi connectivity index (χ1) is 9.24. The van der Waals surface area contributed by atoms with Crippen LogP contribution in [0.5, 0.6) is 5.88 Å². The molecule has 0 bridgehead atoms. The number of rotatable bonds is 3. The predicted octanol–water partition coefficient (Wildman–Crippen LogP) is 2.42. The molecule has 9 heteroatoms. The van der Waals surface area contributed by atoms with Gasteiger partial charge in [-0.25, -0.2) is 4.98 Å². The number of pyridine rings is 2. The summed E-state index contributed by atoms with van der Waals surface area (Å²) in [6.45, 7) is 1.72. The molecule has 2 aromatic heterocycles. The summed E-state index contributed by atoms with van der Waals surface area (Å²) < 4.78 is 62.7. The summed E-state index contributed by atoms with van der Waals surface area (Å²) >= 11 is 0. The van der Waals surface area contributed by atoms with E-state index in [1.54, 1.807) is 19.1 Å². The average Bonchev–Trinajstić information content (AvgIpc) is 2.36. The molecule has 0 atom stereocenters. The van der Waals surface area contributed by atoms with Crippen LogP contribution in [0.1, 0.15) is 12.6 Å². The van der Waals surface area contributed by atoms with E-state index in [4.69, 9.17) is 0 Å². The van der Waals surface area contributed by atoms with Crippen molar-refractivity contribution in [1.29, 1.82) is 0 Å². The van der Waals surface area contributed by atoms with Gasteiger partial charge in [0.2, 0.25) is 5.88 Å². The van der Waals surface area contributed by atoms with Gasteiger partial charge in [0.15, 0.2) is 0 Å².